The molecule has 10 heavy (non-hydrogen) atoms. The highest BCUT2D eigenvalue weighted by Crippen LogP contribution is 2.05. The molecule has 1 aliphatic heterocycles. The van der Waals surface area contributed by atoms with Crippen LogP contribution in [0.4, 0.5) is 0 Å². The third-order valence-electron chi connectivity index (χ3n) is 1.52. The molecular formula is C5H10N4O. The second kappa shape index (κ2) is 3.41. The van der Waals surface area contributed by atoms with Crippen LogP contribution in [0.3, 0.4) is 0 Å². The van der Waals surface area contributed by atoms with E-state index in [0.717, 1.165) is 0 Å². The summed E-state index contributed by atoms with van der Waals surface area (Å²) in [5.41, 5.74) is 8.05. The Balaban J connectivity index is 2.39. The average Bonchev–Trinajstić information content (AvgIpc) is 1.88. The van der Waals surface area contributed by atoms with Gasteiger partial charge >= 0.3 is 0 Å². The molecule has 0 aromatic carbocycles. The summed E-state index contributed by atoms with van der Waals surface area (Å²) >= 11 is 0. The van der Waals surface area contributed by atoms with E-state index in [9.17, 15) is 0 Å². The van der Waals surface area contributed by atoms with Gasteiger partial charge in [-0.3, -0.25) is 0 Å². The molecule has 0 aromatic heterocycles. The van der Waals surface area contributed by atoms with Crippen molar-refractivity contribution in [3.8, 4) is 0 Å². The molecule has 2 atom stereocenters. The Morgan fingerprint density at radius 1 is 1.60 bits per heavy atom. The third kappa shape index (κ3) is 1.88. The maximum absolute atomic E-state index is 9.06. The van der Waals surface area contributed by atoms with Crippen molar-refractivity contribution >= 4 is 0 Å². The minimum absolute atomic E-state index is 0.0752. The van der Waals surface area contributed by atoms with E-state index in [0.29, 0.717) is 19.5 Å². The monoisotopic (exact) mass is 142 g/mol. The first-order valence-corrected chi connectivity index (χ1v) is 3.26. The molecule has 1 aliphatic rings. The van der Waals surface area contributed by atoms with E-state index in [4.69, 9.17) is 10.6 Å². The SMILES string of the molecule is [N-]=[N+]=N[C@@H]1CNC[C@@H](O)C1. The first kappa shape index (κ1) is 7.34. The molecule has 0 spiro atoms. The normalized spacial score (nSPS) is 32.9. The van der Waals surface area contributed by atoms with Gasteiger partial charge in [0.25, 0.3) is 0 Å². The number of nitrogens with one attached hydrogen (secondary N) is 1. The standard InChI is InChI=1S/C5H10N4O/c6-9-8-4-1-5(10)3-7-2-4/h4-5,7,10H,1-3H2/t4-,5-/m0/s1. The Labute approximate surface area is 58.7 Å². The van der Waals surface area contributed by atoms with Gasteiger partial charge in [0.05, 0.1) is 12.1 Å². The molecule has 0 unspecified atom stereocenters. The molecule has 0 amide bonds. The number of rotatable bonds is 1. The van der Waals surface area contributed by atoms with Gasteiger partial charge in [0.15, 0.2) is 0 Å². The molecule has 1 rings (SSSR count). The summed E-state index contributed by atoms with van der Waals surface area (Å²) < 4.78 is 0. The summed E-state index contributed by atoms with van der Waals surface area (Å²) in [7, 11) is 0. The second-order valence-corrected chi connectivity index (χ2v) is 2.41. The molecule has 0 aliphatic carbocycles. The van der Waals surface area contributed by atoms with Crippen molar-refractivity contribution in [1.82, 2.24) is 5.32 Å². The molecule has 0 bridgehead atoms. The van der Waals surface area contributed by atoms with E-state index >= 15 is 0 Å². The highest BCUT2D eigenvalue weighted by atomic mass is 16.3. The lowest BCUT2D eigenvalue weighted by Gasteiger charge is -2.22. The lowest BCUT2D eigenvalue weighted by Crippen LogP contribution is -2.41. The predicted molar refractivity (Wildman–Crippen MR) is 36.4 cm³/mol. The quantitative estimate of drug-likeness (QED) is 0.307. The molecule has 5 heteroatoms. The van der Waals surface area contributed by atoms with Crippen LogP contribution in [0.5, 0.6) is 0 Å². The average molecular weight is 142 g/mol. The van der Waals surface area contributed by atoms with Crippen molar-refractivity contribution in [3.05, 3.63) is 10.4 Å². The fourth-order valence-corrected chi connectivity index (χ4v) is 1.06. The summed E-state index contributed by atoms with van der Waals surface area (Å²) in [6.45, 7) is 1.29. The summed E-state index contributed by atoms with van der Waals surface area (Å²) in [5, 5.41) is 15.5. The van der Waals surface area contributed by atoms with Crippen LogP contribution in [0.2, 0.25) is 0 Å². The molecule has 0 aromatic rings. The molecular weight excluding hydrogens is 132 g/mol. The van der Waals surface area contributed by atoms with Crippen LogP contribution in [-0.4, -0.2) is 30.3 Å². The van der Waals surface area contributed by atoms with E-state index < -0.39 is 0 Å². The van der Waals surface area contributed by atoms with Crippen LogP contribution < -0.4 is 5.32 Å². The number of β-amino-alcohol motifs (C(OH)–C–C–N with tert-alkyl or cyclic N) is 1. The van der Waals surface area contributed by atoms with Crippen LogP contribution in [0.25, 0.3) is 10.4 Å². The number of azide groups is 1. The molecule has 5 nitrogen and oxygen atoms in total. The first-order chi connectivity index (χ1) is 4.83. The van der Waals surface area contributed by atoms with Crippen molar-refractivity contribution in [2.75, 3.05) is 13.1 Å². The predicted octanol–water partition coefficient (Wildman–Crippen LogP) is 0.0195. The van der Waals surface area contributed by atoms with Gasteiger partial charge in [0.2, 0.25) is 0 Å². The number of piperidine rings is 1. The number of aliphatic hydroxyl groups excluding tert-OH is 1. The van der Waals surface area contributed by atoms with E-state index in [1.165, 1.54) is 0 Å². The van der Waals surface area contributed by atoms with Crippen LogP contribution in [0.15, 0.2) is 5.11 Å². The van der Waals surface area contributed by atoms with Gasteiger partial charge in [-0.15, -0.1) is 0 Å². The fraction of sp³-hybridized carbons (Fsp3) is 1.00. The summed E-state index contributed by atoms with van der Waals surface area (Å²) in [6.07, 6.45) is 0.223. The summed E-state index contributed by atoms with van der Waals surface area (Å²) in [5.74, 6) is 0. The van der Waals surface area contributed by atoms with Gasteiger partial charge < -0.3 is 10.4 Å². The zero-order chi connectivity index (χ0) is 7.40. The van der Waals surface area contributed by atoms with E-state index in [1.54, 1.807) is 0 Å². The molecule has 0 saturated carbocycles. The lowest BCUT2D eigenvalue weighted by atomic mass is 10.1. The van der Waals surface area contributed by atoms with Crippen LogP contribution >= 0.6 is 0 Å². The van der Waals surface area contributed by atoms with Gasteiger partial charge in [-0.2, -0.15) is 0 Å². The van der Waals surface area contributed by atoms with E-state index in [2.05, 4.69) is 15.3 Å². The van der Waals surface area contributed by atoms with Crippen molar-refractivity contribution in [2.45, 2.75) is 18.6 Å². The third-order valence-corrected chi connectivity index (χ3v) is 1.52. The van der Waals surface area contributed by atoms with Crippen molar-refractivity contribution in [2.24, 2.45) is 5.11 Å². The summed E-state index contributed by atoms with van der Waals surface area (Å²) in [4.78, 5) is 2.67. The van der Waals surface area contributed by atoms with E-state index in [1.807, 2.05) is 0 Å². The fourth-order valence-electron chi connectivity index (χ4n) is 1.06. The van der Waals surface area contributed by atoms with Crippen LogP contribution in [0.1, 0.15) is 6.42 Å². The number of aliphatic hydroxyl groups is 1. The maximum atomic E-state index is 9.06. The van der Waals surface area contributed by atoms with Gasteiger partial charge in [-0.05, 0) is 12.0 Å². The smallest absolute Gasteiger partial charge is 0.0669 e. The minimum atomic E-state index is -0.357. The number of hydrogen-bond donors (Lipinski definition) is 2. The molecule has 2 N–H and O–H groups in total. The molecule has 56 valence electrons. The van der Waals surface area contributed by atoms with Crippen LogP contribution in [0, 0.1) is 0 Å². The summed E-state index contributed by atoms with van der Waals surface area (Å²) in [6, 6.07) is -0.0752. The van der Waals surface area contributed by atoms with Gasteiger partial charge in [0, 0.05) is 18.0 Å². The maximum Gasteiger partial charge on any atom is 0.0669 e. The van der Waals surface area contributed by atoms with Gasteiger partial charge in [-0.25, -0.2) is 0 Å². The molecule has 1 fully saturated rings. The Morgan fingerprint density at radius 2 is 2.40 bits per heavy atom. The van der Waals surface area contributed by atoms with Gasteiger partial charge in [-0.1, -0.05) is 5.11 Å². The van der Waals surface area contributed by atoms with E-state index in [-0.39, 0.29) is 12.1 Å². The lowest BCUT2D eigenvalue weighted by molar-refractivity contribution is 0.133. The Hall–Kier alpha value is -0.770. The van der Waals surface area contributed by atoms with Crippen LogP contribution in [-0.2, 0) is 0 Å². The minimum Gasteiger partial charge on any atom is -0.392 e. The zero-order valence-corrected chi connectivity index (χ0v) is 5.56. The van der Waals surface area contributed by atoms with Crippen molar-refractivity contribution in [3.63, 3.8) is 0 Å². The number of hydrogen-bond acceptors (Lipinski definition) is 3. The van der Waals surface area contributed by atoms with Gasteiger partial charge in [0.1, 0.15) is 0 Å². The number of nitrogens with zero attached hydrogens (tertiary/aromatic N) is 3. The second-order valence-electron chi connectivity index (χ2n) is 2.41. The van der Waals surface area contributed by atoms with Crippen molar-refractivity contribution in [1.29, 1.82) is 0 Å². The molecule has 1 saturated heterocycles. The largest absolute Gasteiger partial charge is 0.392 e. The first-order valence-electron chi connectivity index (χ1n) is 3.26. The highest BCUT2D eigenvalue weighted by molar-refractivity contribution is 4.80. The Kier molecular flexibility index (Phi) is 2.50. The topological polar surface area (TPSA) is 81.0 Å². The van der Waals surface area contributed by atoms with Crippen molar-refractivity contribution < 1.29 is 5.11 Å². The molecule has 0 radical (unpaired) electrons. The Bertz CT molecular complexity index is 154. The Morgan fingerprint density at radius 3 is 3.00 bits per heavy atom. The molecule has 1 heterocycles. The highest BCUT2D eigenvalue weighted by Gasteiger charge is 2.17. The zero-order valence-electron chi connectivity index (χ0n) is 5.56.